The van der Waals surface area contributed by atoms with Gasteiger partial charge in [0, 0.05) is 11.6 Å². The lowest BCUT2D eigenvalue weighted by Gasteiger charge is -2.08. The van der Waals surface area contributed by atoms with Gasteiger partial charge < -0.3 is 4.74 Å². The number of nitrogens with zero attached hydrogens (tertiary/aromatic N) is 1. The molecule has 0 fully saturated rings. The summed E-state index contributed by atoms with van der Waals surface area (Å²) in [5, 5.41) is 1.10. The number of aromatic nitrogens is 1. The number of rotatable bonds is 6. The van der Waals surface area contributed by atoms with Gasteiger partial charge in [-0.1, -0.05) is 32.3 Å². The predicted octanol–water partition coefficient (Wildman–Crippen LogP) is 4.19. The zero-order chi connectivity index (χ0) is 11.9. The highest BCUT2D eigenvalue weighted by atomic mass is 16.5. The van der Waals surface area contributed by atoms with Crippen LogP contribution >= 0.6 is 0 Å². The first kappa shape index (κ1) is 11.9. The highest BCUT2D eigenvalue weighted by molar-refractivity contribution is 5.84. The van der Waals surface area contributed by atoms with Crippen LogP contribution in [0.4, 0.5) is 0 Å². The Morgan fingerprint density at radius 3 is 2.88 bits per heavy atom. The van der Waals surface area contributed by atoms with Gasteiger partial charge in [0.05, 0.1) is 12.1 Å². The average Bonchev–Trinajstić information content (AvgIpc) is 2.39. The van der Waals surface area contributed by atoms with Crippen LogP contribution < -0.4 is 4.74 Å². The molecule has 0 atom stereocenters. The van der Waals surface area contributed by atoms with Crippen LogP contribution in [-0.4, -0.2) is 11.6 Å². The number of pyridine rings is 1. The van der Waals surface area contributed by atoms with Crippen LogP contribution in [0.2, 0.25) is 0 Å². The molecule has 0 saturated carbocycles. The maximum Gasteiger partial charge on any atom is 0.128 e. The maximum atomic E-state index is 5.83. The Morgan fingerprint density at radius 1 is 1.06 bits per heavy atom. The van der Waals surface area contributed by atoms with E-state index < -0.39 is 0 Å². The fourth-order valence-corrected chi connectivity index (χ4v) is 1.91. The topological polar surface area (TPSA) is 22.1 Å². The number of ether oxygens (including phenoxy) is 1. The van der Waals surface area contributed by atoms with Gasteiger partial charge in [-0.3, -0.25) is 4.98 Å². The zero-order valence-corrected chi connectivity index (χ0v) is 10.4. The molecule has 2 heteroatoms. The summed E-state index contributed by atoms with van der Waals surface area (Å²) >= 11 is 0. The van der Waals surface area contributed by atoms with Gasteiger partial charge in [-0.25, -0.2) is 0 Å². The summed E-state index contributed by atoms with van der Waals surface area (Å²) < 4.78 is 5.83. The van der Waals surface area contributed by atoms with Crippen molar-refractivity contribution in [2.75, 3.05) is 6.61 Å². The van der Waals surface area contributed by atoms with E-state index in [0.717, 1.165) is 29.7 Å². The second-order valence-electron chi connectivity index (χ2n) is 4.24. The van der Waals surface area contributed by atoms with Gasteiger partial charge in [0.15, 0.2) is 0 Å². The normalized spacial score (nSPS) is 10.6. The molecule has 1 aromatic carbocycles. The fourth-order valence-electron chi connectivity index (χ4n) is 1.91. The monoisotopic (exact) mass is 229 g/mol. The molecule has 17 heavy (non-hydrogen) atoms. The Labute approximate surface area is 103 Å². The van der Waals surface area contributed by atoms with E-state index in [2.05, 4.69) is 18.0 Å². The summed E-state index contributed by atoms with van der Waals surface area (Å²) in [6.07, 6.45) is 6.75. The standard InChI is InChI=1S/C15H19NO/c1-2-3-4-5-12-17-15-10-6-9-14-13(15)8-7-11-16-14/h6-11H,2-5,12H2,1H3. The number of hydrogen-bond donors (Lipinski definition) is 0. The molecule has 0 amide bonds. The summed E-state index contributed by atoms with van der Waals surface area (Å²) in [4.78, 5) is 4.32. The molecule has 0 aliphatic carbocycles. The molecule has 2 nitrogen and oxygen atoms in total. The molecule has 90 valence electrons. The summed E-state index contributed by atoms with van der Waals surface area (Å²) in [5.41, 5.74) is 0.999. The van der Waals surface area contributed by atoms with Crippen molar-refractivity contribution in [3.05, 3.63) is 36.5 Å². The fraction of sp³-hybridized carbons (Fsp3) is 0.400. The highest BCUT2D eigenvalue weighted by Crippen LogP contribution is 2.23. The van der Waals surface area contributed by atoms with Gasteiger partial charge >= 0.3 is 0 Å². The van der Waals surface area contributed by atoms with Gasteiger partial charge in [-0.05, 0) is 30.7 Å². The lowest BCUT2D eigenvalue weighted by molar-refractivity contribution is 0.308. The van der Waals surface area contributed by atoms with Gasteiger partial charge in [-0.15, -0.1) is 0 Å². The van der Waals surface area contributed by atoms with Crippen LogP contribution in [0.5, 0.6) is 5.75 Å². The molecule has 2 aromatic rings. The van der Waals surface area contributed by atoms with Crippen LogP contribution in [0.1, 0.15) is 32.6 Å². The molecule has 0 unspecified atom stereocenters. The molecule has 2 rings (SSSR count). The van der Waals surface area contributed by atoms with E-state index in [-0.39, 0.29) is 0 Å². The van der Waals surface area contributed by atoms with E-state index in [1.165, 1.54) is 19.3 Å². The molecule has 0 aliphatic rings. The average molecular weight is 229 g/mol. The van der Waals surface area contributed by atoms with Crippen LogP contribution in [0, 0.1) is 0 Å². The zero-order valence-electron chi connectivity index (χ0n) is 10.4. The minimum absolute atomic E-state index is 0.800. The summed E-state index contributed by atoms with van der Waals surface area (Å²) in [6, 6.07) is 10.0. The Morgan fingerprint density at radius 2 is 2.00 bits per heavy atom. The van der Waals surface area contributed by atoms with E-state index in [0.29, 0.717) is 0 Å². The van der Waals surface area contributed by atoms with Crippen LogP contribution in [0.15, 0.2) is 36.5 Å². The third-order valence-electron chi connectivity index (χ3n) is 2.86. The SMILES string of the molecule is CCCCCCOc1cccc2ncccc12. The van der Waals surface area contributed by atoms with Crippen molar-refractivity contribution in [2.45, 2.75) is 32.6 Å². The largest absolute Gasteiger partial charge is 0.493 e. The third-order valence-corrected chi connectivity index (χ3v) is 2.86. The van der Waals surface area contributed by atoms with Crippen molar-refractivity contribution in [1.29, 1.82) is 0 Å². The lowest BCUT2D eigenvalue weighted by Crippen LogP contribution is -1.97. The first-order chi connectivity index (χ1) is 8.42. The van der Waals surface area contributed by atoms with Crippen LogP contribution in [0.25, 0.3) is 10.9 Å². The van der Waals surface area contributed by atoms with Crippen LogP contribution in [-0.2, 0) is 0 Å². The number of unbranched alkanes of at least 4 members (excludes halogenated alkanes) is 3. The van der Waals surface area contributed by atoms with Crippen molar-refractivity contribution >= 4 is 10.9 Å². The van der Waals surface area contributed by atoms with Crippen molar-refractivity contribution in [3.63, 3.8) is 0 Å². The minimum atomic E-state index is 0.800. The molecule has 0 spiro atoms. The van der Waals surface area contributed by atoms with Gasteiger partial charge in [0.25, 0.3) is 0 Å². The first-order valence-electron chi connectivity index (χ1n) is 6.38. The van der Waals surface area contributed by atoms with Crippen molar-refractivity contribution in [3.8, 4) is 5.75 Å². The lowest BCUT2D eigenvalue weighted by atomic mass is 10.2. The first-order valence-corrected chi connectivity index (χ1v) is 6.38. The molecule has 1 heterocycles. The Hall–Kier alpha value is -1.57. The molecule has 1 aromatic heterocycles. The Bertz CT molecular complexity index is 462. The van der Waals surface area contributed by atoms with E-state index >= 15 is 0 Å². The van der Waals surface area contributed by atoms with E-state index in [1.54, 1.807) is 0 Å². The molecule has 0 bridgehead atoms. The Balaban J connectivity index is 1.98. The quantitative estimate of drug-likeness (QED) is 0.693. The third kappa shape index (κ3) is 3.19. The highest BCUT2D eigenvalue weighted by Gasteiger charge is 2.01. The number of benzene rings is 1. The molecule has 0 aliphatic heterocycles. The van der Waals surface area contributed by atoms with Crippen LogP contribution in [0.3, 0.4) is 0 Å². The number of hydrogen-bond acceptors (Lipinski definition) is 2. The molecule has 0 saturated heterocycles. The molecule has 0 radical (unpaired) electrons. The Kier molecular flexibility index (Phi) is 4.37. The number of fused-ring (bicyclic) bond motifs is 1. The van der Waals surface area contributed by atoms with Crippen molar-refractivity contribution < 1.29 is 4.74 Å². The summed E-state index contributed by atoms with van der Waals surface area (Å²) in [6.45, 7) is 3.02. The summed E-state index contributed by atoms with van der Waals surface area (Å²) in [5.74, 6) is 0.951. The second-order valence-corrected chi connectivity index (χ2v) is 4.24. The minimum Gasteiger partial charge on any atom is -0.493 e. The van der Waals surface area contributed by atoms with Gasteiger partial charge in [0.2, 0.25) is 0 Å². The molecule has 0 N–H and O–H groups in total. The van der Waals surface area contributed by atoms with Crippen molar-refractivity contribution in [2.24, 2.45) is 0 Å². The summed E-state index contributed by atoms with van der Waals surface area (Å²) in [7, 11) is 0. The molecular formula is C15H19NO. The van der Waals surface area contributed by atoms with Gasteiger partial charge in [-0.2, -0.15) is 0 Å². The predicted molar refractivity (Wildman–Crippen MR) is 71.4 cm³/mol. The van der Waals surface area contributed by atoms with Gasteiger partial charge in [0.1, 0.15) is 5.75 Å². The smallest absolute Gasteiger partial charge is 0.128 e. The molecular weight excluding hydrogens is 210 g/mol. The van der Waals surface area contributed by atoms with E-state index in [4.69, 9.17) is 4.74 Å². The van der Waals surface area contributed by atoms with E-state index in [9.17, 15) is 0 Å². The second kappa shape index (κ2) is 6.24. The maximum absolute atomic E-state index is 5.83. The van der Waals surface area contributed by atoms with Crippen molar-refractivity contribution in [1.82, 2.24) is 4.98 Å². The van der Waals surface area contributed by atoms with E-state index in [1.807, 2.05) is 30.5 Å².